The highest BCUT2D eigenvalue weighted by atomic mass is 16.2. The molecule has 2 atom stereocenters. The van der Waals surface area contributed by atoms with Gasteiger partial charge >= 0.3 is 0 Å². The lowest BCUT2D eigenvalue weighted by Crippen LogP contribution is -2.27. The van der Waals surface area contributed by atoms with Crippen LogP contribution in [0.15, 0.2) is 12.3 Å². The molecule has 0 unspecified atom stereocenters. The van der Waals surface area contributed by atoms with E-state index < -0.39 is 0 Å². The van der Waals surface area contributed by atoms with E-state index in [9.17, 15) is 4.79 Å². The summed E-state index contributed by atoms with van der Waals surface area (Å²) in [4.78, 5) is 11.7. The number of nitrogens with one attached hydrogen (secondary N) is 1. The molecule has 4 heteroatoms. The predicted molar refractivity (Wildman–Crippen MR) is 55.2 cm³/mol. The van der Waals surface area contributed by atoms with Crippen LogP contribution in [0, 0.1) is 5.92 Å². The highest BCUT2D eigenvalue weighted by Gasteiger charge is 2.46. The fraction of sp³-hybridized carbons (Fsp3) is 0.636. The quantitative estimate of drug-likeness (QED) is 0.793. The Morgan fingerprint density at radius 1 is 1.60 bits per heavy atom. The minimum atomic E-state index is 0.195. The van der Waals surface area contributed by atoms with Crippen LogP contribution < -0.4 is 5.32 Å². The van der Waals surface area contributed by atoms with E-state index in [0.29, 0.717) is 12.0 Å². The molecule has 1 N–H and O–H groups in total. The van der Waals surface area contributed by atoms with Crippen LogP contribution in [0.25, 0.3) is 0 Å². The van der Waals surface area contributed by atoms with E-state index in [0.717, 1.165) is 19.3 Å². The van der Waals surface area contributed by atoms with Crippen LogP contribution in [-0.4, -0.2) is 21.7 Å². The Kier molecular flexibility index (Phi) is 1.84. The van der Waals surface area contributed by atoms with Crippen LogP contribution in [0.1, 0.15) is 30.9 Å². The van der Waals surface area contributed by atoms with Gasteiger partial charge in [-0.3, -0.25) is 9.48 Å². The fourth-order valence-corrected chi connectivity index (χ4v) is 2.10. The van der Waals surface area contributed by atoms with Crippen LogP contribution in [0.4, 0.5) is 0 Å². The van der Waals surface area contributed by atoms with Crippen molar-refractivity contribution in [3.63, 3.8) is 0 Å². The van der Waals surface area contributed by atoms with Gasteiger partial charge in [-0.05, 0) is 25.3 Å². The lowest BCUT2D eigenvalue weighted by molar-refractivity contribution is -0.122. The van der Waals surface area contributed by atoms with Gasteiger partial charge in [0.1, 0.15) is 0 Å². The van der Waals surface area contributed by atoms with Crippen molar-refractivity contribution < 1.29 is 4.79 Å². The molecule has 2 aliphatic carbocycles. The Bertz CT molecular complexity index is 394. The van der Waals surface area contributed by atoms with E-state index in [-0.39, 0.29) is 11.8 Å². The first-order valence-corrected chi connectivity index (χ1v) is 5.54. The Morgan fingerprint density at radius 3 is 3.00 bits per heavy atom. The number of nitrogens with zero attached hydrogens (tertiary/aromatic N) is 2. The summed E-state index contributed by atoms with van der Waals surface area (Å²) in [6.45, 7) is 0. The zero-order valence-corrected chi connectivity index (χ0v) is 8.81. The van der Waals surface area contributed by atoms with Crippen LogP contribution in [-0.2, 0) is 11.8 Å². The third-order valence-electron chi connectivity index (χ3n) is 3.29. The second-order valence-corrected chi connectivity index (χ2v) is 4.61. The standard InChI is InChI=1S/C11H15N3O/c1-14-10(4-5-12-14)8-6-9(8)11(15)13-7-2-3-7/h4-5,7-9H,2-3,6H2,1H3,(H,13,15)/t8-,9-/m0/s1. The van der Waals surface area contributed by atoms with Gasteiger partial charge in [-0.15, -0.1) is 0 Å². The van der Waals surface area contributed by atoms with E-state index in [1.807, 2.05) is 17.8 Å². The lowest BCUT2D eigenvalue weighted by atomic mass is 10.2. The molecule has 1 aromatic heterocycles. The summed E-state index contributed by atoms with van der Waals surface area (Å²) < 4.78 is 1.87. The summed E-state index contributed by atoms with van der Waals surface area (Å²) in [5.74, 6) is 0.834. The molecule has 0 spiro atoms. The maximum atomic E-state index is 11.7. The Balaban J connectivity index is 1.63. The third-order valence-corrected chi connectivity index (χ3v) is 3.29. The van der Waals surface area contributed by atoms with Gasteiger partial charge in [0.25, 0.3) is 0 Å². The molecular formula is C11H15N3O. The first-order valence-electron chi connectivity index (χ1n) is 5.54. The molecule has 1 amide bonds. The summed E-state index contributed by atoms with van der Waals surface area (Å²) in [6.07, 6.45) is 5.10. The van der Waals surface area contributed by atoms with Gasteiger partial charge < -0.3 is 5.32 Å². The molecule has 0 aliphatic heterocycles. The number of rotatable bonds is 3. The summed E-state index contributed by atoms with van der Waals surface area (Å²) in [6, 6.07) is 2.49. The summed E-state index contributed by atoms with van der Waals surface area (Å²) in [5, 5.41) is 7.19. The maximum absolute atomic E-state index is 11.7. The fourth-order valence-electron chi connectivity index (χ4n) is 2.10. The molecule has 0 saturated heterocycles. The Morgan fingerprint density at radius 2 is 2.40 bits per heavy atom. The number of aromatic nitrogens is 2. The molecule has 3 rings (SSSR count). The van der Waals surface area contributed by atoms with Crippen LogP contribution >= 0.6 is 0 Å². The van der Waals surface area contributed by atoms with Gasteiger partial charge in [-0.1, -0.05) is 0 Å². The van der Waals surface area contributed by atoms with Crippen molar-refractivity contribution in [2.45, 2.75) is 31.2 Å². The van der Waals surface area contributed by atoms with Crippen LogP contribution in [0.2, 0.25) is 0 Å². The number of carbonyl (C=O) groups excluding carboxylic acids is 1. The highest BCUT2D eigenvalue weighted by molar-refractivity contribution is 5.83. The molecular weight excluding hydrogens is 190 g/mol. The van der Waals surface area contributed by atoms with Crippen LogP contribution in [0.3, 0.4) is 0 Å². The van der Waals surface area contributed by atoms with Crippen molar-refractivity contribution in [2.75, 3.05) is 0 Å². The summed E-state index contributed by atoms with van der Waals surface area (Å²) in [5.41, 5.74) is 1.19. The Labute approximate surface area is 88.7 Å². The molecule has 1 heterocycles. The summed E-state index contributed by atoms with van der Waals surface area (Å²) >= 11 is 0. The minimum Gasteiger partial charge on any atom is -0.353 e. The minimum absolute atomic E-state index is 0.195. The van der Waals surface area contributed by atoms with Gasteiger partial charge in [0.15, 0.2) is 0 Å². The van der Waals surface area contributed by atoms with Gasteiger partial charge in [-0.25, -0.2) is 0 Å². The van der Waals surface area contributed by atoms with E-state index in [1.165, 1.54) is 5.69 Å². The third kappa shape index (κ3) is 1.64. The van der Waals surface area contributed by atoms with Gasteiger partial charge in [0, 0.05) is 36.8 Å². The topological polar surface area (TPSA) is 46.9 Å². The monoisotopic (exact) mass is 205 g/mol. The van der Waals surface area contributed by atoms with Gasteiger partial charge in [0.2, 0.25) is 5.91 Å². The SMILES string of the molecule is Cn1nccc1[C@H]1C[C@@H]1C(=O)NC1CC1. The van der Waals surface area contributed by atoms with E-state index in [1.54, 1.807) is 6.20 Å². The molecule has 2 fully saturated rings. The Hall–Kier alpha value is -1.32. The normalized spacial score (nSPS) is 28.9. The van der Waals surface area contributed by atoms with E-state index >= 15 is 0 Å². The molecule has 15 heavy (non-hydrogen) atoms. The van der Waals surface area contributed by atoms with Crippen molar-refractivity contribution in [1.29, 1.82) is 0 Å². The lowest BCUT2D eigenvalue weighted by Gasteiger charge is -2.02. The van der Waals surface area contributed by atoms with Gasteiger partial charge in [0.05, 0.1) is 0 Å². The van der Waals surface area contributed by atoms with E-state index in [2.05, 4.69) is 10.4 Å². The average Bonchev–Trinajstić information content (AvgIpc) is 3.08. The number of carbonyl (C=O) groups is 1. The number of hydrogen-bond acceptors (Lipinski definition) is 2. The largest absolute Gasteiger partial charge is 0.353 e. The zero-order valence-electron chi connectivity index (χ0n) is 8.81. The van der Waals surface area contributed by atoms with Crippen molar-refractivity contribution in [1.82, 2.24) is 15.1 Å². The number of amides is 1. The molecule has 2 saturated carbocycles. The van der Waals surface area contributed by atoms with Crippen LogP contribution in [0.5, 0.6) is 0 Å². The number of aryl methyl sites for hydroxylation is 1. The predicted octanol–water partition coefficient (Wildman–Crippen LogP) is 0.802. The van der Waals surface area contributed by atoms with Crippen molar-refractivity contribution in [3.8, 4) is 0 Å². The molecule has 1 aromatic rings. The zero-order chi connectivity index (χ0) is 10.4. The smallest absolute Gasteiger partial charge is 0.224 e. The second kappa shape index (κ2) is 3.08. The second-order valence-electron chi connectivity index (χ2n) is 4.61. The van der Waals surface area contributed by atoms with Crippen molar-refractivity contribution in [2.24, 2.45) is 13.0 Å². The molecule has 2 aliphatic rings. The highest BCUT2D eigenvalue weighted by Crippen LogP contribution is 2.47. The summed E-state index contributed by atoms with van der Waals surface area (Å²) in [7, 11) is 1.93. The molecule has 80 valence electrons. The van der Waals surface area contributed by atoms with Crippen molar-refractivity contribution >= 4 is 5.91 Å². The number of hydrogen-bond donors (Lipinski definition) is 1. The molecule has 0 aromatic carbocycles. The average molecular weight is 205 g/mol. The first kappa shape index (κ1) is 8.95. The molecule has 0 bridgehead atoms. The van der Waals surface area contributed by atoms with Crippen molar-refractivity contribution in [3.05, 3.63) is 18.0 Å². The van der Waals surface area contributed by atoms with Gasteiger partial charge in [-0.2, -0.15) is 5.10 Å². The van der Waals surface area contributed by atoms with E-state index in [4.69, 9.17) is 0 Å². The molecule has 4 nitrogen and oxygen atoms in total. The maximum Gasteiger partial charge on any atom is 0.224 e. The molecule has 0 radical (unpaired) electrons. The first-order chi connectivity index (χ1) is 7.25.